The van der Waals surface area contributed by atoms with Crippen LogP contribution in [0.1, 0.15) is 56.9 Å². The lowest BCUT2D eigenvalue weighted by molar-refractivity contribution is -0.141. The second kappa shape index (κ2) is 8.86. The Morgan fingerprint density at radius 1 is 0.931 bits per heavy atom. The summed E-state index contributed by atoms with van der Waals surface area (Å²) in [5.74, 6) is 0.903. The lowest BCUT2D eigenvalue weighted by Gasteiger charge is -2.38. The topological polar surface area (TPSA) is 43.9 Å². The molecule has 0 aromatic heterocycles. The van der Waals surface area contributed by atoms with Crippen molar-refractivity contribution in [2.24, 2.45) is 5.92 Å². The summed E-state index contributed by atoms with van der Waals surface area (Å²) in [7, 11) is 2.25. The predicted octanol–water partition coefficient (Wildman–Crippen LogP) is 3.11. The SMILES string of the molecule is CC(=O)N1CCC(C(=O)N2C[C@@H](c3ccccc3)[C@H]3[C@H]2CCCCCN3C)CC1. The fourth-order valence-electron chi connectivity index (χ4n) is 5.81. The van der Waals surface area contributed by atoms with Crippen molar-refractivity contribution >= 4 is 11.8 Å². The van der Waals surface area contributed by atoms with Crippen LogP contribution in [0.4, 0.5) is 0 Å². The van der Waals surface area contributed by atoms with Gasteiger partial charge in [-0.3, -0.25) is 9.59 Å². The Morgan fingerprint density at radius 3 is 2.34 bits per heavy atom. The quantitative estimate of drug-likeness (QED) is 0.770. The summed E-state index contributed by atoms with van der Waals surface area (Å²) < 4.78 is 0. The third-order valence-corrected chi connectivity index (χ3v) is 7.42. The molecule has 0 unspecified atom stereocenters. The largest absolute Gasteiger partial charge is 0.343 e. The zero-order chi connectivity index (χ0) is 20.4. The first kappa shape index (κ1) is 20.4. The Bertz CT molecular complexity index is 714. The molecule has 3 saturated heterocycles. The molecule has 3 fully saturated rings. The average Bonchev–Trinajstić information content (AvgIpc) is 3.11. The highest BCUT2D eigenvalue weighted by Crippen LogP contribution is 2.40. The van der Waals surface area contributed by atoms with Crippen LogP contribution in [-0.4, -0.2) is 71.8 Å². The van der Waals surface area contributed by atoms with Crippen molar-refractivity contribution in [2.75, 3.05) is 33.2 Å². The number of amides is 2. The first-order chi connectivity index (χ1) is 14.1. The van der Waals surface area contributed by atoms with Gasteiger partial charge in [0.05, 0.1) is 0 Å². The number of likely N-dealkylation sites (tertiary alicyclic amines) is 3. The van der Waals surface area contributed by atoms with Crippen LogP contribution in [0.25, 0.3) is 0 Å². The number of fused-ring (bicyclic) bond motifs is 1. The molecule has 4 rings (SSSR count). The van der Waals surface area contributed by atoms with E-state index < -0.39 is 0 Å². The minimum Gasteiger partial charge on any atom is -0.343 e. The number of likely N-dealkylation sites (N-methyl/N-ethyl adjacent to an activating group) is 1. The summed E-state index contributed by atoms with van der Waals surface area (Å²) in [5.41, 5.74) is 1.36. The maximum Gasteiger partial charge on any atom is 0.226 e. The Kier molecular flexibility index (Phi) is 6.23. The first-order valence-corrected chi connectivity index (χ1v) is 11.4. The summed E-state index contributed by atoms with van der Waals surface area (Å²) in [6.45, 7) is 5.01. The second-order valence-corrected chi connectivity index (χ2v) is 9.18. The molecule has 3 heterocycles. The fourth-order valence-corrected chi connectivity index (χ4v) is 5.81. The highest BCUT2D eigenvalue weighted by atomic mass is 16.2. The van der Waals surface area contributed by atoms with Gasteiger partial charge in [0.15, 0.2) is 0 Å². The molecule has 3 aliphatic heterocycles. The molecule has 5 nitrogen and oxygen atoms in total. The molecule has 0 N–H and O–H groups in total. The molecule has 0 radical (unpaired) electrons. The smallest absolute Gasteiger partial charge is 0.226 e. The summed E-state index contributed by atoms with van der Waals surface area (Å²) in [6, 6.07) is 11.5. The van der Waals surface area contributed by atoms with Gasteiger partial charge in [-0.1, -0.05) is 43.2 Å². The third-order valence-electron chi connectivity index (χ3n) is 7.42. The van der Waals surface area contributed by atoms with Gasteiger partial charge in [0.2, 0.25) is 11.8 Å². The van der Waals surface area contributed by atoms with E-state index in [0.29, 0.717) is 23.9 Å². The molecule has 3 aliphatic rings. The summed E-state index contributed by atoms with van der Waals surface area (Å²) >= 11 is 0. The van der Waals surface area contributed by atoms with Crippen LogP contribution < -0.4 is 0 Å². The Morgan fingerprint density at radius 2 is 1.66 bits per heavy atom. The molecule has 1 aromatic rings. The monoisotopic (exact) mass is 397 g/mol. The van der Waals surface area contributed by atoms with E-state index in [4.69, 9.17) is 0 Å². The molecule has 0 bridgehead atoms. The van der Waals surface area contributed by atoms with E-state index in [0.717, 1.165) is 45.4 Å². The Labute approximate surface area is 175 Å². The van der Waals surface area contributed by atoms with E-state index in [1.54, 1.807) is 6.92 Å². The second-order valence-electron chi connectivity index (χ2n) is 9.18. The van der Waals surface area contributed by atoms with Crippen LogP contribution in [0.3, 0.4) is 0 Å². The molecule has 3 atom stereocenters. The van der Waals surface area contributed by atoms with Crippen molar-refractivity contribution in [3.63, 3.8) is 0 Å². The van der Waals surface area contributed by atoms with Crippen LogP contribution in [-0.2, 0) is 9.59 Å². The number of benzene rings is 1. The molecule has 1 aromatic carbocycles. The van der Waals surface area contributed by atoms with E-state index in [1.165, 1.54) is 24.8 Å². The highest BCUT2D eigenvalue weighted by Gasteiger charge is 2.47. The molecule has 5 heteroatoms. The minimum atomic E-state index is 0.0662. The van der Waals surface area contributed by atoms with Crippen LogP contribution in [0.5, 0.6) is 0 Å². The number of rotatable bonds is 2. The van der Waals surface area contributed by atoms with Gasteiger partial charge in [0.25, 0.3) is 0 Å². The molecule has 0 saturated carbocycles. The van der Waals surface area contributed by atoms with E-state index >= 15 is 0 Å². The van der Waals surface area contributed by atoms with Crippen molar-refractivity contribution in [3.8, 4) is 0 Å². The maximum absolute atomic E-state index is 13.6. The standard InChI is InChI=1S/C24H35N3O2/c1-18(28)26-15-12-20(13-16-26)24(29)27-17-21(19-9-5-3-6-10-19)23-22(27)11-7-4-8-14-25(23)2/h3,5-6,9-10,20-23H,4,7-8,11-17H2,1-2H3/t21-,22+,23-/m0/s1. The fraction of sp³-hybridized carbons (Fsp3) is 0.667. The molecule has 0 aliphatic carbocycles. The van der Waals surface area contributed by atoms with Crippen LogP contribution in [0.2, 0.25) is 0 Å². The zero-order valence-electron chi connectivity index (χ0n) is 17.9. The molecule has 29 heavy (non-hydrogen) atoms. The van der Waals surface area contributed by atoms with Gasteiger partial charge in [-0.25, -0.2) is 0 Å². The van der Waals surface area contributed by atoms with Gasteiger partial charge in [-0.05, 0) is 44.8 Å². The molecule has 158 valence electrons. The van der Waals surface area contributed by atoms with Crippen LogP contribution in [0.15, 0.2) is 30.3 Å². The lowest BCUT2D eigenvalue weighted by Crippen LogP contribution is -2.50. The number of nitrogens with zero attached hydrogens (tertiary/aromatic N) is 3. The lowest BCUT2D eigenvalue weighted by atomic mass is 9.87. The predicted molar refractivity (Wildman–Crippen MR) is 115 cm³/mol. The van der Waals surface area contributed by atoms with Crippen molar-refractivity contribution in [1.82, 2.24) is 14.7 Å². The molecule has 0 spiro atoms. The number of hydrogen-bond donors (Lipinski definition) is 0. The first-order valence-electron chi connectivity index (χ1n) is 11.4. The van der Waals surface area contributed by atoms with E-state index in [9.17, 15) is 9.59 Å². The normalized spacial score (nSPS) is 29.2. The van der Waals surface area contributed by atoms with Gasteiger partial charge < -0.3 is 14.7 Å². The van der Waals surface area contributed by atoms with Crippen LogP contribution in [0, 0.1) is 5.92 Å². The van der Waals surface area contributed by atoms with E-state index in [2.05, 4.69) is 47.2 Å². The Balaban J connectivity index is 1.56. The van der Waals surface area contributed by atoms with Gasteiger partial charge in [-0.15, -0.1) is 0 Å². The number of carbonyl (C=O) groups is 2. The zero-order valence-corrected chi connectivity index (χ0v) is 17.9. The van der Waals surface area contributed by atoms with Crippen molar-refractivity contribution in [1.29, 1.82) is 0 Å². The third kappa shape index (κ3) is 4.20. The van der Waals surface area contributed by atoms with Crippen LogP contribution >= 0.6 is 0 Å². The maximum atomic E-state index is 13.6. The van der Waals surface area contributed by atoms with Gasteiger partial charge in [-0.2, -0.15) is 0 Å². The molecule has 2 amide bonds. The number of piperidine rings is 1. The van der Waals surface area contributed by atoms with Crippen molar-refractivity contribution in [3.05, 3.63) is 35.9 Å². The number of hydrogen-bond acceptors (Lipinski definition) is 3. The highest BCUT2D eigenvalue weighted by molar-refractivity contribution is 5.80. The van der Waals surface area contributed by atoms with Gasteiger partial charge in [0, 0.05) is 50.5 Å². The summed E-state index contributed by atoms with van der Waals surface area (Å²) in [5, 5.41) is 0. The van der Waals surface area contributed by atoms with Crippen molar-refractivity contribution < 1.29 is 9.59 Å². The molecular weight excluding hydrogens is 362 g/mol. The minimum absolute atomic E-state index is 0.0662. The van der Waals surface area contributed by atoms with E-state index in [1.807, 2.05) is 4.90 Å². The Hall–Kier alpha value is -1.88. The van der Waals surface area contributed by atoms with Crippen molar-refractivity contribution in [2.45, 2.75) is 63.5 Å². The summed E-state index contributed by atoms with van der Waals surface area (Å²) in [4.78, 5) is 31.9. The summed E-state index contributed by atoms with van der Waals surface area (Å²) in [6.07, 6.45) is 6.43. The van der Waals surface area contributed by atoms with Gasteiger partial charge >= 0.3 is 0 Å². The van der Waals surface area contributed by atoms with Gasteiger partial charge in [0.1, 0.15) is 0 Å². The number of carbonyl (C=O) groups excluding carboxylic acids is 2. The van der Waals surface area contributed by atoms with E-state index in [-0.39, 0.29) is 11.8 Å². The average molecular weight is 398 g/mol. The molecular formula is C24H35N3O2.